The van der Waals surface area contributed by atoms with Gasteiger partial charge in [0, 0.05) is 62.1 Å². The molecular weight excluding hydrogens is 820 g/mol. The second-order valence-corrected chi connectivity index (χ2v) is 22.0. The average molecular weight is 870 g/mol. The zero-order chi connectivity index (χ0) is 45.5. The van der Waals surface area contributed by atoms with Crippen LogP contribution >= 0.6 is 0 Å². The molecule has 0 saturated heterocycles. The van der Waals surface area contributed by atoms with Gasteiger partial charge in [0.05, 0.1) is 11.0 Å². The molecule has 15 rings (SSSR count). The van der Waals surface area contributed by atoms with Gasteiger partial charge in [0.2, 0.25) is 6.71 Å². The van der Waals surface area contributed by atoms with Crippen LogP contribution in [0.1, 0.15) is 75.3 Å². The van der Waals surface area contributed by atoms with E-state index >= 15 is 0 Å². The summed E-state index contributed by atoms with van der Waals surface area (Å²) in [5, 5.41) is 2.64. The highest BCUT2D eigenvalue weighted by atomic mass is 15.2. The molecule has 1 aliphatic carbocycles. The highest BCUT2D eigenvalue weighted by Gasteiger charge is 2.49. The minimum Gasteiger partial charge on any atom is -0.312 e. The molecule has 322 valence electrons. The van der Waals surface area contributed by atoms with Gasteiger partial charge < -0.3 is 14.4 Å². The number of rotatable bonds is 2. The van der Waals surface area contributed by atoms with Crippen LogP contribution in [-0.2, 0) is 10.8 Å². The molecule has 0 amide bonds. The molecule has 0 bridgehead atoms. The van der Waals surface area contributed by atoms with Crippen molar-refractivity contribution in [3.63, 3.8) is 0 Å². The molecule has 0 radical (unpaired) electrons. The number of fused-ring (bicyclic) bond motifs is 17. The number of nitrogens with zero attached hydrogens (tertiary/aromatic N) is 3. The summed E-state index contributed by atoms with van der Waals surface area (Å²) in [6.07, 6.45) is 0. The van der Waals surface area contributed by atoms with E-state index in [9.17, 15) is 0 Å². The maximum Gasteiger partial charge on any atom is 0.252 e. The van der Waals surface area contributed by atoms with E-state index in [1.165, 1.54) is 133 Å². The van der Waals surface area contributed by atoms with Gasteiger partial charge in [-0.15, -0.1) is 0 Å². The van der Waals surface area contributed by atoms with Gasteiger partial charge in [0.1, 0.15) is 0 Å². The summed E-state index contributed by atoms with van der Waals surface area (Å²) in [6, 6.07) is 70.1. The van der Waals surface area contributed by atoms with E-state index in [0.29, 0.717) is 0 Å². The van der Waals surface area contributed by atoms with Crippen molar-refractivity contribution in [3.8, 4) is 16.8 Å². The molecule has 3 nitrogen and oxygen atoms in total. The van der Waals surface area contributed by atoms with Gasteiger partial charge in [-0.1, -0.05) is 174 Å². The highest BCUT2D eigenvalue weighted by Crippen LogP contribution is 2.56. The lowest BCUT2D eigenvalue weighted by Gasteiger charge is -2.42. The molecule has 0 fully saturated rings. The molecule has 5 aliphatic rings. The van der Waals surface area contributed by atoms with Crippen LogP contribution in [0.15, 0.2) is 182 Å². The Morgan fingerprint density at radius 1 is 0.397 bits per heavy atom. The monoisotopic (exact) mass is 869 g/mol. The number of aromatic nitrogens is 1. The van der Waals surface area contributed by atoms with E-state index in [1.807, 2.05) is 0 Å². The van der Waals surface area contributed by atoms with Gasteiger partial charge in [0.25, 0.3) is 6.71 Å². The number of hydrogen-bond donors (Lipinski definition) is 0. The Morgan fingerprint density at radius 3 is 1.54 bits per heavy atom. The first kappa shape index (κ1) is 38.6. The molecule has 0 saturated carbocycles. The summed E-state index contributed by atoms with van der Waals surface area (Å²) in [6.45, 7) is 14.3. The SMILES string of the molecule is CC(C)(C)c1ccc2c(c1)B1c3ccccc3N(c3ccccc3)c3ccc4c(c31)C2c1ccc2c3ccc5c6c3n(c2c1-4)-c1ccc(C(C)(C)C)cc1B6c1ccccc1N5c1ccccc1. The largest absolute Gasteiger partial charge is 0.312 e. The van der Waals surface area contributed by atoms with E-state index in [-0.39, 0.29) is 30.2 Å². The summed E-state index contributed by atoms with van der Waals surface area (Å²) < 4.78 is 2.72. The molecule has 5 heterocycles. The lowest BCUT2D eigenvalue weighted by Crippen LogP contribution is -2.61. The van der Waals surface area contributed by atoms with Gasteiger partial charge >= 0.3 is 0 Å². The molecule has 0 spiro atoms. The molecule has 10 aromatic rings. The first-order valence-electron chi connectivity index (χ1n) is 24.5. The molecule has 68 heavy (non-hydrogen) atoms. The summed E-state index contributed by atoms with van der Waals surface area (Å²) in [4.78, 5) is 5.06. The van der Waals surface area contributed by atoms with E-state index in [1.54, 1.807) is 0 Å². The minimum absolute atomic E-state index is 0.00649. The quantitative estimate of drug-likeness (QED) is 0.160. The number of anilines is 6. The van der Waals surface area contributed by atoms with Crippen molar-refractivity contribution in [1.82, 2.24) is 4.57 Å². The second kappa shape index (κ2) is 13.1. The number of para-hydroxylation sites is 4. The van der Waals surface area contributed by atoms with E-state index in [2.05, 4.69) is 238 Å². The third kappa shape index (κ3) is 4.86. The molecule has 0 N–H and O–H groups in total. The van der Waals surface area contributed by atoms with Crippen LogP contribution in [0.4, 0.5) is 34.1 Å². The first-order valence-corrected chi connectivity index (χ1v) is 24.5. The number of benzene rings is 9. The van der Waals surface area contributed by atoms with Gasteiger partial charge in [-0.25, -0.2) is 0 Å². The Hall–Kier alpha value is -7.49. The third-order valence-corrected chi connectivity index (χ3v) is 16.4. The van der Waals surface area contributed by atoms with Gasteiger partial charge in [-0.3, -0.25) is 0 Å². The first-order chi connectivity index (χ1) is 33.1. The fourth-order valence-corrected chi connectivity index (χ4v) is 13.4. The Labute approximate surface area is 399 Å². The Kier molecular flexibility index (Phi) is 7.46. The van der Waals surface area contributed by atoms with Crippen LogP contribution in [-0.4, -0.2) is 18.0 Å². The van der Waals surface area contributed by atoms with Crippen molar-refractivity contribution >= 4 is 102 Å². The maximum absolute atomic E-state index is 2.72. The lowest BCUT2D eigenvalue weighted by molar-refractivity contribution is 0.590. The normalized spacial score (nSPS) is 15.5. The Morgan fingerprint density at radius 2 is 0.897 bits per heavy atom. The highest BCUT2D eigenvalue weighted by molar-refractivity contribution is 7.00. The van der Waals surface area contributed by atoms with Crippen LogP contribution in [0, 0.1) is 0 Å². The molecule has 4 aliphatic heterocycles. The van der Waals surface area contributed by atoms with Crippen LogP contribution in [0.5, 0.6) is 0 Å². The van der Waals surface area contributed by atoms with Crippen molar-refractivity contribution in [2.45, 2.75) is 58.3 Å². The smallest absolute Gasteiger partial charge is 0.252 e. The maximum atomic E-state index is 2.72. The van der Waals surface area contributed by atoms with Crippen molar-refractivity contribution in [3.05, 3.63) is 210 Å². The summed E-state index contributed by atoms with van der Waals surface area (Å²) >= 11 is 0. The zero-order valence-electron chi connectivity index (χ0n) is 39.4. The third-order valence-electron chi connectivity index (χ3n) is 16.4. The number of hydrogen-bond acceptors (Lipinski definition) is 2. The predicted molar refractivity (Wildman–Crippen MR) is 290 cm³/mol. The topological polar surface area (TPSA) is 11.4 Å². The van der Waals surface area contributed by atoms with Gasteiger partial charge in [-0.2, -0.15) is 0 Å². The van der Waals surface area contributed by atoms with Gasteiger partial charge in [-0.05, 0) is 126 Å². The summed E-state index contributed by atoms with van der Waals surface area (Å²) in [5.74, 6) is 0.0988. The molecule has 1 unspecified atom stereocenters. The van der Waals surface area contributed by atoms with Crippen LogP contribution in [0.3, 0.4) is 0 Å². The zero-order valence-corrected chi connectivity index (χ0v) is 39.4. The fraction of sp³-hybridized carbons (Fsp3) is 0.143. The Balaban J connectivity index is 1.09. The Bertz CT molecular complexity index is 3850. The molecule has 9 aromatic carbocycles. The molecule has 1 aromatic heterocycles. The van der Waals surface area contributed by atoms with E-state index < -0.39 is 0 Å². The average Bonchev–Trinajstić information content (AvgIpc) is 3.88. The molecule has 1 atom stereocenters. The van der Waals surface area contributed by atoms with Crippen LogP contribution in [0.25, 0.3) is 38.6 Å². The van der Waals surface area contributed by atoms with Crippen molar-refractivity contribution in [2.75, 3.05) is 9.80 Å². The predicted octanol–water partition coefficient (Wildman–Crippen LogP) is 11.8. The summed E-state index contributed by atoms with van der Waals surface area (Å²) in [5.41, 5.74) is 29.6. The second-order valence-electron chi connectivity index (χ2n) is 22.0. The van der Waals surface area contributed by atoms with Crippen molar-refractivity contribution in [2.24, 2.45) is 0 Å². The fourth-order valence-electron chi connectivity index (χ4n) is 13.4. The van der Waals surface area contributed by atoms with Crippen molar-refractivity contribution in [1.29, 1.82) is 0 Å². The van der Waals surface area contributed by atoms with Crippen molar-refractivity contribution < 1.29 is 0 Å². The van der Waals surface area contributed by atoms with Crippen LogP contribution < -0.4 is 42.6 Å². The molecular formula is C63H49B2N3. The molecule has 5 heteroatoms. The lowest BCUT2D eigenvalue weighted by atomic mass is 9.31. The van der Waals surface area contributed by atoms with Gasteiger partial charge in [0.15, 0.2) is 0 Å². The van der Waals surface area contributed by atoms with E-state index in [4.69, 9.17) is 0 Å². The van der Waals surface area contributed by atoms with E-state index in [0.717, 1.165) is 0 Å². The minimum atomic E-state index is -0.0159. The van der Waals surface area contributed by atoms with Crippen LogP contribution in [0.2, 0.25) is 0 Å². The summed E-state index contributed by atoms with van der Waals surface area (Å²) in [7, 11) is 0. The standard InChI is InChI=1S/C63H49B2N3/c1-62(2,3)37-25-27-43-48(35-37)64-46-21-13-15-23-50(46)66(39-17-9-7-10-18-39)53-34-31-45-56-44(55(43)57(45)58(53)64)29-28-41-42-30-33-54-59-61(42)68(60(41)56)52-32-26-38(63(4,5)6)36-49(52)65(59)47-22-14-16-24-51(47)67(54)40-19-11-8-12-20-40/h7-36,55H,1-6H3.